The topological polar surface area (TPSA) is 59.6 Å². The molecule has 5 nitrogen and oxygen atoms in total. The summed E-state index contributed by atoms with van der Waals surface area (Å²) >= 11 is 5.37. The highest BCUT2D eigenvalue weighted by molar-refractivity contribution is 7.80. The number of anilines is 1. The Labute approximate surface area is 159 Å². The zero-order valence-corrected chi connectivity index (χ0v) is 16.1. The molecule has 0 radical (unpaired) electrons. The summed E-state index contributed by atoms with van der Waals surface area (Å²) in [6.45, 7) is 6.78. The molecule has 26 heavy (non-hydrogen) atoms. The van der Waals surface area contributed by atoms with E-state index in [2.05, 4.69) is 10.6 Å². The van der Waals surface area contributed by atoms with Crippen molar-refractivity contribution in [2.45, 2.75) is 26.8 Å². The van der Waals surface area contributed by atoms with Crippen LogP contribution in [0.15, 0.2) is 48.5 Å². The Hall–Kier alpha value is -2.60. The number of ether oxygens (including phenoxy) is 2. The van der Waals surface area contributed by atoms with Gasteiger partial charge in [0.05, 0.1) is 24.8 Å². The molecule has 0 aliphatic rings. The molecule has 0 unspecified atom stereocenters. The quantitative estimate of drug-likeness (QED) is 0.558. The maximum Gasteiger partial charge on any atom is 0.338 e. The largest absolute Gasteiger partial charge is 0.494 e. The van der Waals surface area contributed by atoms with E-state index in [0.29, 0.717) is 23.9 Å². The fraction of sp³-hybridized carbons (Fsp3) is 0.300. The first kappa shape index (κ1) is 19.7. The van der Waals surface area contributed by atoms with E-state index in [0.717, 1.165) is 17.0 Å². The fourth-order valence-corrected chi connectivity index (χ4v) is 2.67. The summed E-state index contributed by atoms with van der Waals surface area (Å²) in [5.41, 5.74) is 2.42. The Kier molecular flexibility index (Phi) is 7.41. The van der Waals surface area contributed by atoms with E-state index in [9.17, 15) is 4.79 Å². The maximum absolute atomic E-state index is 11.7. The molecule has 138 valence electrons. The van der Waals surface area contributed by atoms with Crippen LogP contribution in [0.4, 0.5) is 5.69 Å². The van der Waals surface area contributed by atoms with Crippen LogP contribution in [-0.4, -0.2) is 24.3 Å². The molecule has 2 aromatic rings. The molecule has 0 saturated heterocycles. The Morgan fingerprint density at radius 3 is 2.27 bits per heavy atom. The van der Waals surface area contributed by atoms with Crippen LogP contribution in [0.2, 0.25) is 0 Å². The van der Waals surface area contributed by atoms with Crippen molar-refractivity contribution in [3.8, 4) is 5.75 Å². The molecule has 0 amide bonds. The minimum Gasteiger partial charge on any atom is -0.494 e. The maximum atomic E-state index is 11.7. The van der Waals surface area contributed by atoms with Crippen LogP contribution < -0.4 is 15.4 Å². The van der Waals surface area contributed by atoms with Gasteiger partial charge < -0.3 is 20.1 Å². The van der Waals surface area contributed by atoms with Crippen molar-refractivity contribution in [2.75, 3.05) is 18.5 Å². The van der Waals surface area contributed by atoms with Gasteiger partial charge in [0, 0.05) is 5.69 Å². The van der Waals surface area contributed by atoms with Crippen LogP contribution in [0, 0.1) is 0 Å². The summed E-state index contributed by atoms with van der Waals surface area (Å²) < 4.78 is 10.4. The van der Waals surface area contributed by atoms with Crippen molar-refractivity contribution in [3.63, 3.8) is 0 Å². The summed E-state index contributed by atoms with van der Waals surface area (Å²) in [7, 11) is 0. The SMILES string of the molecule is CCOC(=O)c1ccc(NC(=S)N[C@@H](C)c2ccc(OCC)cc2)cc1. The molecule has 0 aromatic heterocycles. The van der Waals surface area contributed by atoms with E-state index in [1.54, 1.807) is 31.2 Å². The monoisotopic (exact) mass is 372 g/mol. The average Bonchev–Trinajstić information content (AvgIpc) is 2.63. The number of rotatable bonds is 7. The molecular weight excluding hydrogens is 348 g/mol. The molecule has 0 saturated carbocycles. The lowest BCUT2D eigenvalue weighted by atomic mass is 10.1. The predicted molar refractivity (Wildman–Crippen MR) is 108 cm³/mol. The average molecular weight is 372 g/mol. The second-order valence-electron chi connectivity index (χ2n) is 5.62. The molecule has 0 aliphatic carbocycles. The van der Waals surface area contributed by atoms with Gasteiger partial charge in [0.2, 0.25) is 0 Å². The number of esters is 1. The fourth-order valence-electron chi connectivity index (χ4n) is 2.37. The van der Waals surface area contributed by atoms with Gasteiger partial charge in [-0.05, 0) is 75.0 Å². The second kappa shape index (κ2) is 9.77. The molecule has 0 fully saturated rings. The summed E-state index contributed by atoms with van der Waals surface area (Å²) in [4.78, 5) is 11.7. The van der Waals surface area contributed by atoms with Gasteiger partial charge in [0.15, 0.2) is 5.11 Å². The normalized spacial score (nSPS) is 11.3. The van der Waals surface area contributed by atoms with Crippen LogP contribution in [-0.2, 0) is 4.74 Å². The molecule has 0 spiro atoms. The number of carbonyl (C=O) groups is 1. The minimum absolute atomic E-state index is 0.0458. The summed E-state index contributed by atoms with van der Waals surface area (Å²) in [5, 5.41) is 6.87. The number of hydrogen-bond acceptors (Lipinski definition) is 4. The van der Waals surface area contributed by atoms with Gasteiger partial charge in [-0.25, -0.2) is 4.79 Å². The lowest BCUT2D eigenvalue weighted by Gasteiger charge is -2.18. The summed E-state index contributed by atoms with van der Waals surface area (Å²) in [5.74, 6) is 0.523. The predicted octanol–water partition coefficient (Wildman–Crippen LogP) is 4.31. The summed E-state index contributed by atoms with van der Waals surface area (Å²) in [6, 6.07) is 15.0. The first-order valence-electron chi connectivity index (χ1n) is 8.61. The number of benzene rings is 2. The smallest absolute Gasteiger partial charge is 0.338 e. The van der Waals surface area contributed by atoms with E-state index in [1.165, 1.54) is 0 Å². The molecular formula is C20H24N2O3S. The summed E-state index contributed by atoms with van der Waals surface area (Å²) in [6.07, 6.45) is 0. The van der Waals surface area contributed by atoms with Gasteiger partial charge in [-0.3, -0.25) is 0 Å². The van der Waals surface area contributed by atoms with E-state index in [4.69, 9.17) is 21.7 Å². The van der Waals surface area contributed by atoms with Crippen molar-refractivity contribution in [1.29, 1.82) is 0 Å². The Balaban J connectivity index is 1.90. The lowest BCUT2D eigenvalue weighted by Crippen LogP contribution is -2.30. The van der Waals surface area contributed by atoms with Crippen LogP contribution in [0.1, 0.15) is 42.7 Å². The molecule has 2 aromatic carbocycles. The highest BCUT2D eigenvalue weighted by atomic mass is 32.1. The van der Waals surface area contributed by atoms with Crippen LogP contribution >= 0.6 is 12.2 Å². The number of carbonyl (C=O) groups excluding carboxylic acids is 1. The molecule has 0 bridgehead atoms. The molecule has 6 heteroatoms. The lowest BCUT2D eigenvalue weighted by molar-refractivity contribution is 0.0526. The third kappa shape index (κ3) is 5.74. The zero-order chi connectivity index (χ0) is 18.9. The van der Waals surface area contributed by atoms with E-state index < -0.39 is 0 Å². The van der Waals surface area contributed by atoms with Crippen LogP contribution in [0.25, 0.3) is 0 Å². The third-order valence-corrected chi connectivity index (χ3v) is 3.91. The molecule has 0 aliphatic heterocycles. The van der Waals surface area contributed by atoms with Crippen molar-refractivity contribution >= 4 is 29.0 Å². The van der Waals surface area contributed by atoms with Crippen LogP contribution in [0.5, 0.6) is 5.75 Å². The van der Waals surface area contributed by atoms with E-state index in [1.807, 2.05) is 38.1 Å². The van der Waals surface area contributed by atoms with Crippen LogP contribution in [0.3, 0.4) is 0 Å². The number of hydrogen-bond donors (Lipinski definition) is 2. The molecule has 0 heterocycles. The Bertz CT molecular complexity index is 730. The standard InChI is InChI=1S/C20H24N2O3S/c1-4-24-18-12-8-15(9-13-18)14(3)21-20(26)22-17-10-6-16(7-11-17)19(23)25-5-2/h6-14H,4-5H2,1-3H3,(H2,21,22,26)/t14-/m0/s1. The first-order valence-corrected chi connectivity index (χ1v) is 9.01. The number of nitrogens with one attached hydrogen (secondary N) is 2. The molecule has 2 N–H and O–H groups in total. The van der Waals surface area contributed by atoms with Gasteiger partial charge in [-0.2, -0.15) is 0 Å². The highest BCUT2D eigenvalue weighted by Gasteiger charge is 2.09. The van der Waals surface area contributed by atoms with Crippen molar-refractivity contribution in [1.82, 2.24) is 5.32 Å². The third-order valence-electron chi connectivity index (χ3n) is 3.69. The van der Waals surface area contributed by atoms with Crippen molar-refractivity contribution in [2.24, 2.45) is 0 Å². The Morgan fingerprint density at radius 2 is 1.69 bits per heavy atom. The highest BCUT2D eigenvalue weighted by Crippen LogP contribution is 2.18. The van der Waals surface area contributed by atoms with Gasteiger partial charge >= 0.3 is 5.97 Å². The van der Waals surface area contributed by atoms with Gasteiger partial charge in [-0.15, -0.1) is 0 Å². The second-order valence-corrected chi connectivity index (χ2v) is 6.03. The van der Waals surface area contributed by atoms with E-state index >= 15 is 0 Å². The Morgan fingerprint density at radius 1 is 1.04 bits per heavy atom. The van der Waals surface area contributed by atoms with Gasteiger partial charge in [-0.1, -0.05) is 12.1 Å². The van der Waals surface area contributed by atoms with Crippen molar-refractivity contribution < 1.29 is 14.3 Å². The minimum atomic E-state index is -0.330. The van der Waals surface area contributed by atoms with Gasteiger partial charge in [0.1, 0.15) is 5.75 Å². The first-order chi connectivity index (χ1) is 12.5. The van der Waals surface area contributed by atoms with Gasteiger partial charge in [0.25, 0.3) is 0 Å². The van der Waals surface area contributed by atoms with Crippen molar-refractivity contribution in [3.05, 3.63) is 59.7 Å². The molecule has 2 rings (SSSR count). The van der Waals surface area contributed by atoms with E-state index in [-0.39, 0.29) is 12.0 Å². The zero-order valence-electron chi connectivity index (χ0n) is 15.2. The number of thiocarbonyl (C=S) groups is 1. The molecule has 1 atom stereocenters.